The molecule has 0 aliphatic rings. The van der Waals surface area contributed by atoms with E-state index in [1.54, 1.807) is 0 Å². The highest BCUT2D eigenvalue weighted by Crippen LogP contribution is 2.38. The Morgan fingerprint density at radius 1 is 0.534 bits per heavy atom. The van der Waals surface area contributed by atoms with Crippen molar-refractivity contribution in [2.45, 2.75) is 200 Å². The summed E-state index contributed by atoms with van der Waals surface area (Å²) in [6.07, 6.45) is 47.0. The molecular formula is C48H88NO8P. The van der Waals surface area contributed by atoms with Gasteiger partial charge in [-0.3, -0.25) is 14.2 Å². The van der Waals surface area contributed by atoms with E-state index in [0.29, 0.717) is 23.9 Å². The lowest BCUT2D eigenvalue weighted by Crippen LogP contribution is -2.37. The van der Waals surface area contributed by atoms with Crippen LogP contribution in [0.2, 0.25) is 0 Å². The number of phosphoric acid groups is 1. The van der Waals surface area contributed by atoms with Crippen LogP contribution in [-0.2, 0) is 32.7 Å². The van der Waals surface area contributed by atoms with E-state index in [0.717, 1.165) is 70.6 Å². The minimum Gasteiger partial charge on any atom is -0.756 e. The Hall–Kier alpha value is -2.03. The first-order valence-electron chi connectivity index (χ1n) is 23.3. The van der Waals surface area contributed by atoms with Gasteiger partial charge in [0.25, 0.3) is 7.82 Å². The predicted octanol–water partition coefficient (Wildman–Crippen LogP) is 12.8. The highest BCUT2D eigenvalue weighted by molar-refractivity contribution is 7.45. The standard InChI is InChI=1S/C48H88NO8P/c1-6-8-10-12-14-16-18-20-22-23-24-25-27-29-31-33-35-37-39-41-48(51)57-46(45-56-58(52,53)55-43-42-49(3,4)5)44-54-47(50)40-38-36-34-32-30-28-26-21-19-17-15-13-11-9-7-2/h14-17,20-22,26,46H,6-13,18-19,23-25,27-45H2,1-5H3/b16-14+,17-15+,22-20+,26-21+/t46-/m1/s1. The van der Waals surface area contributed by atoms with E-state index in [1.165, 1.54) is 83.5 Å². The van der Waals surface area contributed by atoms with E-state index in [4.69, 9.17) is 18.5 Å². The molecule has 0 aromatic carbocycles. The summed E-state index contributed by atoms with van der Waals surface area (Å²) in [7, 11) is 1.15. The second-order valence-corrected chi connectivity index (χ2v) is 18.2. The van der Waals surface area contributed by atoms with Gasteiger partial charge in [-0.05, 0) is 77.0 Å². The van der Waals surface area contributed by atoms with Crippen molar-refractivity contribution in [1.82, 2.24) is 0 Å². The van der Waals surface area contributed by atoms with E-state index < -0.39 is 32.5 Å². The molecule has 10 heteroatoms. The summed E-state index contributed by atoms with van der Waals surface area (Å²) in [4.78, 5) is 37.6. The number of ether oxygens (including phenoxy) is 2. The molecular weight excluding hydrogens is 750 g/mol. The Morgan fingerprint density at radius 2 is 0.931 bits per heavy atom. The molecule has 0 fully saturated rings. The molecule has 0 aromatic heterocycles. The summed E-state index contributed by atoms with van der Waals surface area (Å²) in [6.45, 7) is 4.16. The zero-order valence-electron chi connectivity index (χ0n) is 38.0. The second-order valence-electron chi connectivity index (χ2n) is 16.8. The van der Waals surface area contributed by atoms with E-state index in [2.05, 4.69) is 62.5 Å². The minimum absolute atomic E-state index is 0.0353. The van der Waals surface area contributed by atoms with Crippen molar-refractivity contribution in [2.24, 2.45) is 0 Å². The molecule has 58 heavy (non-hydrogen) atoms. The highest BCUT2D eigenvalue weighted by Gasteiger charge is 2.21. The van der Waals surface area contributed by atoms with Crippen LogP contribution in [0.3, 0.4) is 0 Å². The van der Waals surface area contributed by atoms with Gasteiger partial charge in [-0.2, -0.15) is 0 Å². The maximum absolute atomic E-state index is 12.7. The van der Waals surface area contributed by atoms with Gasteiger partial charge < -0.3 is 27.9 Å². The van der Waals surface area contributed by atoms with Crippen LogP contribution in [-0.4, -0.2) is 70.0 Å². The van der Waals surface area contributed by atoms with Gasteiger partial charge in [-0.1, -0.05) is 152 Å². The number of nitrogens with zero attached hydrogens (tertiary/aromatic N) is 1. The van der Waals surface area contributed by atoms with Crippen molar-refractivity contribution in [1.29, 1.82) is 0 Å². The van der Waals surface area contributed by atoms with E-state index in [1.807, 2.05) is 21.1 Å². The maximum atomic E-state index is 12.7. The fraction of sp³-hybridized carbons (Fsp3) is 0.792. The van der Waals surface area contributed by atoms with Gasteiger partial charge in [0, 0.05) is 12.8 Å². The first kappa shape index (κ1) is 56.0. The molecule has 0 N–H and O–H groups in total. The van der Waals surface area contributed by atoms with Crippen LogP contribution in [0.25, 0.3) is 0 Å². The lowest BCUT2D eigenvalue weighted by molar-refractivity contribution is -0.870. The quantitative estimate of drug-likeness (QED) is 0.0196. The first-order chi connectivity index (χ1) is 28.0. The van der Waals surface area contributed by atoms with Gasteiger partial charge in [-0.25, -0.2) is 0 Å². The number of likely N-dealkylation sites (N-methyl/N-ethyl adjacent to an activating group) is 1. The van der Waals surface area contributed by atoms with Gasteiger partial charge in [-0.15, -0.1) is 0 Å². The van der Waals surface area contributed by atoms with Crippen LogP contribution < -0.4 is 4.89 Å². The molecule has 0 rings (SSSR count). The summed E-state index contributed by atoms with van der Waals surface area (Å²) in [6, 6.07) is 0. The average molecular weight is 838 g/mol. The zero-order valence-corrected chi connectivity index (χ0v) is 38.9. The van der Waals surface area contributed by atoms with Gasteiger partial charge in [0.15, 0.2) is 6.10 Å². The molecule has 338 valence electrons. The van der Waals surface area contributed by atoms with Crippen LogP contribution in [0.15, 0.2) is 48.6 Å². The topological polar surface area (TPSA) is 111 Å². The van der Waals surface area contributed by atoms with Crippen LogP contribution in [0, 0.1) is 0 Å². The van der Waals surface area contributed by atoms with Crippen molar-refractivity contribution < 1.29 is 42.1 Å². The SMILES string of the molecule is CCCCC/C=C/C/C=C/CCCCCCCCCCCC(=O)O[C@H](COC(=O)CCCCCCC/C=C/C/C=C/CCCCC)COP(=O)([O-])OCC[N+](C)(C)C. The van der Waals surface area contributed by atoms with Crippen molar-refractivity contribution in [2.75, 3.05) is 47.5 Å². The fourth-order valence-electron chi connectivity index (χ4n) is 6.13. The Bertz CT molecular complexity index is 1130. The zero-order chi connectivity index (χ0) is 42.8. The van der Waals surface area contributed by atoms with Crippen molar-refractivity contribution in [3.8, 4) is 0 Å². The molecule has 0 aliphatic heterocycles. The molecule has 1 unspecified atom stereocenters. The highest BCUT2D eigenvalue weighted by atomic mass is 31.2. The number of unbranched alkanes of at least 4 members (excludes halogenated alkanes) is 20. The molecule has 0 heterocycles. The number of carbonyl (C=O) groups excluding carboxylic acids is 2. The number of quaternary nitrogens is 1. The smallest absolute Gasteiger partial charge is 0.306 e. The van der Waals surface area contributed by atoms with Crippen molar-refractivity contribution in [3.05, 3.63) is 48.6 Å². The van der Waals surface area contributed by atoms with E-state index >= 15 is 0 Å². The number of phosphoric ester groups is 1. The molecule has 0 amide bonds. The average Bonchev–Trinajstić information content (AvgIpc) is 3.17. The summed E-state index contributed by atoms with van der Waals surface area (Å²) in [5, 5.41) is 0. The third kappa shape index (κ3) is 43.5. The molecule has 0 radical (unpaired) electrons. The molecule has 0 aliphatic carbocycles. The summed E-state index contributed by atoms with van der Waals surface area (Å²) in [5.74, 6) is -0.855. The van der Waals surface area contributed by atoms with Crippen molar-refractivity contribution >= 4 is 19.8 Å². The third-order valence-corrected chi connectivity index (χ3v) is 10.8. The Kier molecular flexibility index (Phi) is 39.0. The predicted molar refractivity (Wildman–Crippen MR) is 240 cm³/mol. The largest absolute Gasteiger partial charge is 0.756 e. The Balaban J connectivity index is 4.34. The van der Waals surface area contributed by atoms with Crippen LogP contribution >= 0.6 is 7.82 Å². The Labute approximate surface area is 356 Å². The van der Waals surface area contributed by atoms with Gasteiger partial charge >= 0.3 is 11.9 Å². The molecule has 9 nitrogen and oxygen atoms in total. The number of esters is 2. The van der Waals surface area contributed by atoms with Crippen LogP contribution in [0.5, 0.6) is 0 Å². The van der Waals surface area contributed by atoms with Gasteiger partial charge in [0.2, 0.25) is 0 Å². The molecule has 0 saturated carbocycles. The number of allylic oxidation sites excluding steroid dienone is 8. The Morgan fingerprint density at radius 3 is 1.36 bits per heavy atom. The number of rotatable bonds is 42. The third-order valence-electron chi connectivity index (χ3n) is 9.82. The molecule has 0 bridgehead atoms. The lowest BCUT2D eigenvalue weighted by atomic mass is 10.1. The van der Waals surface area contributed by atoms with Crippen LogP contribution in [0.1, 0.15) is 194 Å². The minimum atomic E-state index is -4.63. The monoisotopic (exact) mass is 838 g/mol. The normalized spacial score (nSPS) is 14.0. The molecule has 0 spiro atoms. The van der Waals surface area contributed by atoms with E-state index in [9.17, 15) is 19.0 Å². The number of carbonyl (C=O) groups is 2. The molecule has 2 atom stereocenters. The summed E-state index contributed by atoms with van der Waals surface area (Å²) in [5.41, 5.74) is 0. The fourth-order valence-corrected chi connectivity index (χ4v) is 6.85. The number of hydrogen-bond donors (Lipinski definition) is 0. The second kappa shape index (κ2) is 40.4. The van der Waals surface area contributed by atoms with Crippen molar-refractivity contribution in [3.63, 3.8) is 0 Å². The van der Waals surface area contributed by atoms with E-state index in [-0.39, 0.29) is 26.1 Å². The van der Waals surface area contributed by atoms with Gasteiger partial charge in [0.05, 0.1) is 27.7 Å². The lowest BCUT2D eigenvalue weighted by Gasteiger charge is -2.28. The summed E-state index contributed by atoms with van der Waals surface area (Å²) < 4.78 is 33.9. The maximum Gasteiger partial charge on any atom is 0.306 e. The van der Waals surface area contributed by atoms with Gasteiger partial charge in [0.1, 0.15) is 19.8 Å². The van der Waals surface area contributed by atoms with Crippen LogP contribution in [0.4, 0.5) is 0 Å². The molecule has 0 saturated heterocycles. The number of hydrogen-bond acceptors (Lipinski definition) is 8. The molecule has 0 aromatic rings. The summed E-state index contributed by atoms with van der Waals surface area (Å²) >= 11 is 0. The first-order valence-corrected chi connectivity index (χ1v) is 24.8.